The molecule has 3 heterocycles. The quantitative estimate of drug-likeness (QED) is 0.775. The summed E-state index contributed by atoms with van der Waals surface area (Å²) in [6, 6.07) is 0.210. The van der Waals surface area contributed by atoms with Gasteiger partial charge in [-0.05, 0) is 57.8 Å². The highest BCUT2D eigenvalue weighted by Gasteiger charge is 2.35. The molecule has 0 bridgehead atoms. The molecule has 1 saturated carbocycles. The van der Waals surface area contributed by atoms with E-state index in [1.807, 2.05) is 25.6 Å². The molecule has 31 heavy (non-hydrogen) atoms. The molecule has 0 radical (unpaired) electrons. The highest BCUT2D eigenvalue weighted by atomic mass is 16.5. The molecule has 0 aromatic carbocycles. The average Bonchev–Trinajstić information content (AvgIpc) is 3.15. The Kier molecular flexibility index (Phi) is 5.62. The van der Waals surface area contributed by atoms with Gasteiger partial charge in [-0.1, -0.05) is 25.9 Å². The summed E-state index contributed by atoms with van der Waals surface area (Å²) in [6.45, 7) is 10.2. The number of ether oxygens (including phenoxy) is 1. The number of rotatable bonds is 4. The van der Waals surface area contributed by atoms with Gasteiger partial charge in [0.1, 0.15) is 11.8 Å². The van der Waals surface area contributed by atoms with Gasteiger partial charge in [-0.15, -0.1) is 0 Å². The van der Waals surface area contributed by atoms with Crippen LogP contribution in [0.15, 0.2) is 9.32 Å². The van der Waals surface area contributed by atoms with E-state index >= 15 is 0 Å². The SMILES string of the molecule is Cc1c(C(=O)Nc2c(C)n(C)n(C3CCC3)c2=O)noc1[C@H]1CCC[C@@H](C(C)(C)C)O1. The number of amides is 1. The summed E-state index contributed by atoms with van der Waals surface area (Å²) in [5, 5.41) is 6.84. The van der Waals surface area contributed by atoms with E-state index < -0.39 is 5.91 Å². The second-order valence-corrected chi connectivity index (χ2v) is 10.1. The number of carbonyl (C=O) groups excluding carboxylic acids is 1. The normalized spacial score (nSPS) is 22.4. The molecule has 0 unspecified atom stereocenters. The van der Waals surface area contributed by atoms with E-state index in [0.29, 0.717) is 17.0 Å². The maximum atomic E-state index is 13.0. The molecule has 1 N–H and O–H groups in total. The number of nitrogens with zero attached hydrogens (tertiary/aromatic N) is 3. The van der Waals surface area contributed by atoms with Crippen molar-refractivity contribution in [2.45, 2.75) is 91.4 Å². The van der Waals surface area contributed by atoms with Crippen LogP contribution in [0.3, 0.4) is 0 Å². The van der Waals surface area contributed by atoms with Gasteiger partial charge in [-0.2, -0.15) is 0 Å². The van der Waals surface area contributed by atoms with Gasteiger partial charge in [0.25, 0.3) is 11.5 Å². The van der Waals surface area contributed by atoms with Crippen LogP contribution in [0.2, 0.25) is 0 Å². The first-order valence-corrected chi connectivity index (χ1v) is 11.3. The number of anilines is 1. The topological polar surface area (TPSA) is 91.3 Å². The van der Waals surface area contributed by atoms with Crippen molar-refractivity contribution in [1.82, 2.24) is 14.5 Å². The van der Waals surface area contributed by atoms with Crippen LogP contribution in [0, 0.1) is 19.3 Å². The molecule has 2 atom stereocenters. The Morgan fingerprint density at radius 1 is 1.13 bits per heavy atom. The Morgan fingerprint density at radius 2 is 1.81 bits per heavy atom. The minimum atomic E-state index is -0.428. The molecule has 1 saturated heterocycles. The third-order valence-electron chi connectivity index (χ3n) is 6.95. The molecule has 2 aromatic heterocycles. The second kappa shape index (κ2) is 7.97. The molecule has 1 amide bonds. The number of aromatic nitrogens is 3. The van der Waals surface area contributed by atoms with Crippen molar-refractivity contribution in [1.29, 1.82) is 0 Å². The fourth-order valence-electron chi connectivity index (χ4n) is 4.60. The summed E-state index contributed by atoms with van der Waals surface area (Å²) in [7, 11) is 1.86. The monoisotopic (exact) mass is 430 g/mol. The van der Waals surface area contributed by atoms with Gasteiger partial charge in [-0.25, -0.2) is 4.68 Å². The van der Waals surface area contributed by atoms with Crippen LogP contribution in [0.5, 0.6) is 0 Å². The van der Waals surface area contributed by atoms with Crippen molar-refractivity contribution >= 4 is 11.6 Å². The molecule has 0 spiro atoms. The van der Waals surface area contributed by atoms with E-state index in [1.54, 1.807) is 4.68 Å². The summed E-state index contributed by atoms with van der Waals surface area (Å²) in [4.78, 5) is 25.9. The lowest BCUT2D eigenvalue weighted by molar-refractivity contribution is -0.109. The molecule has 170 valence electrons. The molecule has 1 aliphatic heterocycles. The molecule has 1 aliphatic carbocycles. The predicted molar refractivity (Wildman–Crippen MR) is 117 cm³/mol. The Morgan fingerprint density at radius 3 is 2.42 bits per heavy atom. The highest BCUT2D eigenvalue weighted by molar-refractivity contribution is 6.04. The number of carbonyl (C=O) groups is 1. The van der Waals surface area contributed by atoms with Crippen LogP contribution in [0.4, 0.5) is 5.69 Å². The Labute approximate surface area is 182 Å². The summed E-state index contributed by atoms with van der Waals surface area (Å²) in [5.74, 6) is 0.179. The van der Waals surface area contributed by atoms with Crippen LogP contribution >= 0.6 is 0 Å². The first kappa shape index (κ1) is 21.9. The zero-order valence-electron chi connectivity index (χ0n) is 19.4. The van der Waals surface area contributed by atoms with Gasteiger partial charge < -0.3 is 14.6 Å². The van der Waals surface area contributed by atoms with E-state index in [1.165, 1.54) is 0 Å². The summed E-state index contributed by atoms with van der Waals surface area (Å²) in [6.07, 6.45) is 5.93. The van der Waals surface area contributed by atoms with Crippen LogP contribution in [0.1, 0.15) is 98.9 Å². The summed E-state index contributed by atoms with van der Waals surface area (Å²) < 4.78 is 15.5. The molecule has 8 nitrogen and oxygen atoms in total. The summed E-state index contributed by atoms with van der Waals surface area (Å²) in [5.41, 5.74) is 1.79. The second-order valence-electron chi connectivity index (χ2n) is 10.1. The molecule has 8 heteroatoms. The van der Waals surface area contributed by atoms with Gasteiger partial charge in [0, 0.05) is 12.6 Å². The standard InChI is InChI=1S/C23H34N4O4/c1-13-18(25-31-20(13)16-11-8-12-17(30-16)23(3,4)5)21(28)24-19-14(2)26(6)27(22(19)29)15-9-7-10-15/h15-17H,7-12H2,1-6H3,(H,24,28)/t16-,17+/m1/s1. The zero-order valence-corrected chi connectivity index (χ0v) is 19.4. The van der Waals surface area contributed by atoms with E-state index in [-0.39, 0.29) is 34.9 Å². The van der Waals surface area contributed by atoms with Crippen LogP contribution in [-0.4, -0.2) is 26.5 Å². The van der Waals surface area contributed by atoms with Crippen LogP contribution in [0.25, 0.3) is 0 Å². The Hall–Kier alpha value is -2.35. The largest absolute Gasteiger partial charge is 0.366 e. The highest BCUT2D eigenvalue weighted by Crippen LogP contribution is 2.39. The predicted octanol–water partition coefficient (Wildman–Crippen LogP) is 4.43. The molecule has 2 aromatic rings. The molecule has 4 rings (SSSR count). The maximum Gasteiger partial charge on any atom is 0.291 e. The smallest absolute Gasteiger partial charge is 0.291 e. The average molecular weight is 431 g/mol. The lowest BCUT2D eigenvalue weighted by atomic mass is 9.83. The molecule has 2 fully saturated rings. The van der Waals surface area contributed by atoms with E-state index in [0.717, 1.165) is 44.2 Å². The van der Waals surface area contributed by atoms with Crippen molar-refractivity contribution in [2.75, 3.05) is 5.32 Å². The van der Waals surface area contributed by atoms with E-state index in [4.69, 9.17) is 9.26 Å². The van der Waals surface area contributed by atoms with Crippen LogP contribution < -0.4 is 10.9 Å². The lowest BCUT2D eigenvalue weighted by Gasteiger charge is -2.37. The molecule has 2 aliphatic rings. The fraction of sp³-hybridized carbons (Fsp3) is 0.696. The third-order valence-corrected chi connectivity index (χ3v) is 6.95. The maximum absolute atomic E-state index is 13.0. The van der Waals surface area contributed by atoms with Crippen molar-refractivity contribution in [3.05, 3.63) is 33.1 Å². The number of nitrogens with one attached hydrogen (secondary N) is 1. The van der Waals surface area contributed by atoms with Gasteiger partial charge >= 0.3 is 0 Å². The lowest BCUT2D eigenvalue weighted by Crippen LogP contribution is -2.34. The Bertz CT molecular complexity index is 1040. The molecular formula is C23H34N4O4. The number of hydrogen-bond donors (Lipinski definition) is 1. The van der Waals surface area contributed by atoms with Gasteiger partial charge in [-0.3, -0.25) is 14.3 Å². The zero-order chi connectivity index (χ0) is 22.5. The first-order chi connectivity index (χ1) is 14.6. The third kappa shape index (κ3) is 3.86. The van der Waals surface area contributed by atoms with E-state index in [2.05, 4.69) is 31.2 Å². The van der Waals surface area contributed by atoms with Gasteiger partial charge in [0.15, 0.2) is 11.5 Å². The Balaban J connectivity index is 1.55. The van der Waals surface area contributed by atoms with Crippen molar-refractivity contribution in [3.63, 3.8) is 0 Å². The molecular weight excluding hydrogens is 396 g/mol. The van der Waals surface area contributed by atoms with Gasteiger partial charge in [0.2, 0.25) is 0 Å². The van der Waals surface area contributed by atoms with Crippen molar-refractivity contribution in [2.24, 2.45) is 12.5 Å². The summed E-state index contributed by atoms with van der Waals surface area (Å²) >= 11 is 0. The van der Waals surface area contributed by atoms with E-state index in [9.17, 15) is 9.59 Å². The minimum absolute atomic E-state index is 0.0397. The first-order valence-electron chi connectivity index (χ1n) is 11.3. The van der Waals surface area contributed by atoms with Crippen molar-refractivity contribution < 1.29 is 14.1 Å². The minimum Gasteiger partial charge on any atom is -0.366 e. The van der Waals surface area contributed by atoms with Gasteiger partial charge in [0.05, 0.1) is 17.8 Å². The number of hydrogen-bond acceptors (Lipinski definition) is 5. The van der Waals surface area contributed by atoms with Crippen LogP contribution in [-0.2, 0) is 11.8 Å². The fourth-order valence-corrected chi connectivity index (χ4v) is 4.60. The van der Waals surface area contributed by atoms with Crippen molar-refractivity contribution in [3.8, 4) is 0 Å².